The molecule has 4 rings (SSSR count). The fraction of sp³-hybridized carbons (Fsp3) is 0.333. The Morgan fingerprint density at radius 1 is 1.31 bits per heavy atom. The van der Waals surface area contributed by atoms with Gasteiger partial charge in [0, 0.05) is 10.2 Å². The van der Waals surface area contributed by atoms with E-state index in [9.17, 15) is 4.79 Å². The Balaban J connectivity index is 1.76. The van der Waals surface area contributed by atoms with Gasteiger partial charge in [0.05, 0.1) is 11.4 Å². The summed E-state index contributed by atoms with van der Waals surface area (Å²) in [5.41, 5.74) is 8.65. The molecule has 1 aliphatic rings. The summed E-state index contributed by atoms with van der Waals surface area (Å²) in [4.78, 5) is 21.3. The minimum absolute atomic E-state index is 0.253. The number of halogens is 1. The highest BCUT2D eigenvalue weighted by molar-refractivity contribution is 9.10. The highest BCUT2D eigenvalue weighted by Gasteiger charge is 2.26. The Hall–Kier alpha value is -2.48. The lowest BCUT2D eigenvalue weighted by Crippen LogP contribution is -2.15. The van der Waals surface area contributed by atoms with Crippen LogP contribution in [0.5, 0.6) is 0 Å². The average Bonchev–Trinajstić information content (AvgIpc) is 3.25. The normalized spacial score (nSPS) is 14.8. The molecule has 0 aliphatic heterocycles. The molecule has 1 saturated carbocycles. The first-order chi connectivity index (χ1) is 12.5. The van der Waals surface area contributed by atoms with Crippen LogP contribution in [0.1, 0.15) is 47.8 Å². The largest absolute Gasteiger partial charge is 0.383 e. The third kappa shape index (κ3) is 2.94. The Morgan fingerprint density at radius 3 is 2.81 bits per heavy atom. The topological polar surface area (TPSA) is 98.7 Å². The van der Waals surface area contributed by atoms with Crippen LogP contribution in [0.25, 0.3) is 11.0 Å². The van der Waals surface area contributed by atoms with Crippen molar-refractivity contribution in [2.45, 2.75) is 38.6 Å². The number of nitrogens with two attached hydrogens (primary N) is 1. The zero-order valence-corrected chi connectivity index (χ0v) is 16.0. The number of aryl methyl sites for hydroxylation is 1. The Kier molecular flexibility index (Phi) is 4.36. The number of benzene rings is 1. The van der Waals surface area contributed by atoms with Gasteiger partial charge in [0.25, 0.3) is 5.91 Å². The van der Waals surface area contributed by atoms with Crippen molar-refractivity contribution in [2.75, 3.05) is 11.1 Å². The zero-order chi connectivity index (χ0) is 18.3. The molecule has 0 radical (unpaired) electrons. The molecule has 2 heterocycles. The average molecular weight is 415 g/mol. The van der Waals surface area contributed by atoms with E-state index in [1.807, 2.05) is 29.8 Å². The molecule has 1 aromatic carbocycles. The van der Waals surface area contributed by atoms with Crippen LogP contribution < -0.4 is 11.1 Å². The van der Waals surface area contributed by atoms with Crippen LogP contribution in [-0.4, -0.2) is 25.7 Å². The Bertz CT molecular complexity index is 993. The van der Waals surface area contributed by atoms with E-state index in [-0.39, 0.29) is 23.5 Å². The molecule has 0 bridgehead atoms. The molecule has 0 unspecified atom stereocenters. The van der Waals surface area contributed by atoms with E-state index in [0.717, 1.165) is 41.4 Å². The fourth-order valence-electron chi connectivity index (χ4n) is 3.51. The number of carbonyl (C=O) groups excluding carboxylic acids is 1. The maximum Gasteiger partial charge on any atom is 0.277 e. The molecule has 7 nitrogen and oxygen atoms in total. The van der Waals surface area contributed by atoms with E-state index >= 15 is 0 Å². The second-order valence-corrected chi connectivity index (χ2v) is 7.52. The number of hydrogen-bond acceptors (Lipinski definition) is 5. The predicted molar refractivity (Wildman–Crippen MR) is 104 cm³/mol. The molecule has 1 aliphatic carbocycles. The number of aromatic nitrogens is 4. The molecular weight excluding hydrogens is 396 g/mol. The van der Waals surface area contributed by atoms with Gasteiger partial charge in [0.2, 0.25) is 0 Å². The first kappa shape index (κ1) is 17.0. The van der Waals surface area contributed by atoms with Gasteiger partial charge in [-0.25, -0.2) is 14.6 Å². The second kappa shape index (κ2) is 6.68. The van der Waals surface area contributed by atoms with Crippen LogP contribution in [-0.2, 0) is 0 Å². The maximum absolute atomic E-state index is 12.9. The molecule has 1 amide bonds. The lowest BCUT2D eigenvalue weighted by molar-refractivity contribution is 0.102. The number of hydrogen-bond donors (Lipinski definition) is 2. The molecule has 0 spiro atoms. The number of carbonyl (C=O) groups is 1. The van der Waals surface area contributed by atoms with E-state index in [0.29, 0.717) is 11.0 Å². The van der Waals surface area contributed by atoms with Gasteiger partial charge in [0.15, 0.2) is 11.3 Å². The quantitative estimate of drug-likeness (QED) is 0.677. The zero-order valence-electron chi connectivity index (χ0n) is 14.4. The smallest absolute Gasteiger partial charge is 0.277 e. The molecule has 0 atom stereocenters. The molecule has 3 aromatic rings. The molecule has 134 valence electrons. The third-order valence-electron chi connectivity index (χ3n) is 4.84. The van der Waals surface area contributed by atoms with Gasteiger partial charge >= 0.3 is 0 Å². The number of nitrogens with zero attached hydrogens (tertiary/aromatic N) is 4. The Labute approximate surface area is 159 Å². The van der Waals surface area contributed by atoms with Crippen LogP contribution in [0.15, 0.2) is 29.0 Å². The van der Waals surface area contributed by atoms with Crippen LogP contribution in [0.2, 0.25) is 0 Å². The van der Waals surface area contributed by atoms with E-state index < -0.39 is 0 Å². The van der Waals surface area contributed by atoms with Crippen LogP contribution in [0.3, 0.4) is 0 Å². The van der Waals surface area contributed by atoms with Crippen molar-refractivity contribution < 1.29 is 4.79 Å². The molecule has 0 saturated heterocycles. The second-order valence-electron chi connectivity index (χ2n) is 6.60. The number of amides is 1. The van der Waals surface area contributed by atoms with Gasteiger partial charge in [-0.2, -0.15) is 5.10 Å². The fourth-order valence-corrected chi connectivity index (χ4v) is 3.98. The SMILES string of the molecule is Cc1cc(Br)ccc1NC(=O)c1nn(C2CCCC2)c2ncnc(N)c12. The van der Waals surface area contributed by atoms with E-state index in [4.69, 9.17) is 5.73 Å². The van der Waals surface area contributed by atoms with Gasteiger partial charge < -0.3 is 11.1 Å². The summed E-state index contributed by atoms with van der Waals surface area (Å²) in [5.74, 6) is -0.0319. The number of fused-ring (bicyclic) bond motifs is 1. The standard InChI is InChI=1S/C18H19BrN6O/c1-10-8-11(19)6-7-13(10)23-18(26)15-14-16(20)21-9-22-17(14)25(24-15)12-4-2-3-5-12/h6-9,12H,2-5H2,1H3,(H,23,26)(H2,20,21,22). The van der Waals surface area contributed by atoms with Crippen molar-refractivity contribution in [3.05, 3.63) is 40.3 Å². The van der Waals surface area contributed by atoms with Gasteiger partial charge in [-0.15, -0.1) is 0 Å². The van der Waals surface area contributed by atoms with Crippen molar-refractivity contribution >= 4 is 44.4 Å². The number of anilines is 2. The summed E-state index contributed by atoms with van der Waals surface area (Å²) in [6.07, 6.45) is 5.81. The Morgan fingerprint density at radius 2 is 2.08 bits per heavy atom. The number of rotatable bonds is 3. The molecule has 3 N–H and O–H groups in total. The van der Waals surface area contributed by atoms with Crippen molar-refractivity contribution in [3.63, 3.8) is 0 Å². The summed E-state index contributed by atoms with van der Waals surface area (Å²) in [7, 11) is 0. The monoisotopic (exact) mass is 414 g/mol. The minimum Gasteiger partial charge on any atom is -0.383 e. The van der Waals surface area contributed by atoms with E-state index in [1.54, 1.807) is 0 Å². The highest BCUT2D eigenvalue weighted by atomic mass is 79.9. The summed E-state index contributed by atoms with van der Waals surface area (Å²) in [6, 6.07) is 5.94. The minimum atomic E-state index is -0.307. The van der Waals surface area contributed by atoms with Crippen LogP contribution in [0, 0.1) is 6.92 Å². The first-order valence-corrected chi connectivity index (χ1v) is 9.40. The lowest BCUT2D eigenvalue weighted by Gasteiger charge is -2.10. The van der Waals surface area contributed by atoms with Gasteiger partial charge in [-0.05, 0) is 43.5 Å². The lowest BCUT2D eigenvalue weighted by atomic mass is 10.2. The molecule has 26 heavy (non-hydrogen) atoms. The van der Waals surface area contributed by atoms with Crippen molar-refractivity contribution in [1.82, 2.24) is 19.7 Å². The van der Waals surface area contributed by atoms with Gasteiger partial charge in [0.1, 0.15) is 12.1 Å². The maximum atomic E-state index is 12.9. The number of nitrogens with one attached hydrogen (secondary N) is 1. The van der Waals surface area contributed by atoms with Crippen molar-refractivity contribution in [3.8, 4) is 0 Å². The molecule has 8 heteroatoms. The summed E-state index contributed by atoms with van der Waals surface area (Å²) < 4.78 is 2.81. The number of nitrogen functional groups attached to an aromatic ring is 1. The van der Waals surface area contributed by atoms with Gasteiger partial charge in [-0.3, -0.25) is 4.79 Å². The summed E-state index contributed by atoms with van der Waals surface area (Å²) in [6.45, 7) is 1.94. The predicted octanol–water partition coefficient (Wildman–Crippen LogP) is 3.85. The van der Waals surface area contributed by atoms with E-state index in [1.165, 1.54) is 6.33 Å². The summed E-state index contributed by atoms with van der Waals surface area (Å²) in [5, 5.41) is 8.04. The molecule has 2 aromatic heterocycles. The van der Waals surface area contributed by atoms with Gasteiger partial charge in [-0.1, -0.05) is 28.8 Å². The third-order valence-corrected chi connectivity index (χ3v) is 5.33. The van der Waals surface area contributed by atoms with Crippen LogP contribution >= 0.6 is 15.9 Å². The first-order valence-electron chi connectivity index (χ1n) is 8.61. The van der Waals surface area contributed by atoms with Crippen molar-refractivity contribution in [1.29, 1.82) is 0 Å². The highest BCUT2D eigenvalue weighted by Crippen LogP contribution is 2.33. The molecular formula is C18H19BrN6O. The molecule has 1 fully saturated rings. The van der Waals surface area contributed by atoms with Crippen LogP contribution in [0.4, 0.5) is 11.5 Å². The van der Waals surface area contributed by atoms with Crippen molar-refractivity contribution in [2.24, 2.45) is 0 Å². The summed E-state index contributed by atoms with van der Waals surface area (Å²) >= 11 is 3.43. The van der Waals surface area contributed by atoms with E-state index in [2.05, 4.69) is 36.3 Å².